The standard InChI is InChI=1S/C17H22F2N4O2/c1-11(24)10-22-5-7-23(8-6-22)17(25)12-3-4-14-13(9-12)20-16(15(18)19)21(14)2/h3-4,9,11,15,24H,5-8,10H2,1-2H3/t11-/m0/s1. The molecule has 136 valence electrons. The van der Waals surface area contributed by atoms with Crippen LogP contribution >= 0.6 is 0 Å². The number of hydrogen-bond donors (Lipinski definition) is 1. The van der Waals surface area contributed by atoms with Gasteiger partial charge in [-0.25, -0.2) is 13.8 Å². The predicted octanol–water partition coefficient (Wildman–Crippen LogP) is 1.65. The summed E-state index contributed by atoms with van der Waals surface area (Å²) in [6.45, 7) is 4.91. The van der Waals surface area contributed by atoms with Crippen molar-refractivity contribution in [2.75, 3.05) is 32.7 Å². The van der Waals surface area contributed by atoms with Crippen LogP contribution < -0.4 is 0 Å². The number of rotatable bonds is 4. The Morgan fingerprint density at radius 3 is 2.56 bits per heavy atom. The second-order valence-electron chi connectivity index (χ2n) is 6.48. The van der Waals surface area contributed by atoms with Gasteiger partial charge in [-0.05, 0) is 25.1 Å². The van der Waals surface area contributed by atoms with E-state index in [9.17, 15) is 18.7 Å². The number of amides is 1. The zero-order valence-electron chi connectivity index (χ0n) is 14.3. The smallest absolute Gasteiger partial charge is 0.295 e. The first-order valence-electron chi connectivity index (χ1n) is 8.31. The van der Waals surface area contributed by atoms with Crippen LogP contribution in [-0.4, -0.2) is 69.2 Å². The number of aliphatic hydroxyl groups is 1. The molecule has 6 nitrogen and oxygen atoms in total. The van der Waals surface area contributed by atoms with Gasteiger partial charge >= 0.3 is 0 Å². The molecule has 1 atom stereocenters. The minimum atomic E-state index is -2.65. The van der Waals surface area contributed by atoms with Crippen molar-refractivity contribution in [3.05, 3.63) is 29.6 Å². The van der Waals surface area contributed by atoms with Crippen LogP contribution in [-0.2, 0) is 7.05 Å². The fraction of sp³-hybridized carbons (Fsp3) is 0.529. The highest BCUT2D eigenvalue weighted by Crippen LogP contribution is 2.24. The summed E-state index contributed by atoms with van der Waals surface area (Å²) in [5.41, 5.74) is 1.43. The van der Waals surface area contributed by atoms with E-state index in [0.717, 1.165) is 0 Å². The normalized spacial score (nSPS) is 17.4. The van der Waals surface area contributed by atoms with Crippen molar-refractivity contribution in [1.29, 1.82) is 0 Å². The van der Waals surface area contributed by atoms with Gasteiger partial charge in [0.1, 0.15) is 0 Å². The van der Waals surface area contributed by atoms with Crippen LogP contribution in [0.25, 0.3) is 11.0 Å². The summed E-state index contributed by atoms with van der Waals surface area (Å²) in [7, 11) is 1.54. The number of hydrogen-bond acceptors (Lipinski definition) is 4. The number of imidazole rings is 1. The lowest BCUT2D eigenvalue weighted by molar-refractivity contribution is 0.0554. The van der Waals surface area contributed by atoms with Crippen molar-refractivity contribution in [2.24, 2.45) is 7.05 Å². The molecule has 1 aromatic carbocycles. The molecule has 1 N–H and O–H groups in total. The summed E-state index contributed by atoms with van der Waals surface area (Å²) in [5.74, 6) is -0.422. The maximum atomic E-state index is 13.0. The number of aliphatic hydroxyl groups excluding tert-OH is 1. The molecule has 0 bridgehead atoms. The fourth-order valence-electron chi connectivity index (χ4n) is 3.24. The van der Waals surface area contributed by atoms with Gasteiger partial charge in [0.15, 0.2) is 5.82 Å². The number of nitrogens with zero attached hydrogens (tertiary/aromatic N) is 4. The van der Waals surface area contributed by atoms with Crippen molar-refractivity contribution in [3.8, 4) is 0 Å². The Hall–Kier alpha value is -2.06. The van der Waals surface area contributed by atoms with E-state index in [-0.39, 0.29) is 11.7 Å². The molecule has 0 radical (unpaired) electrons. The Morgan fingerprint density at radius 2 is 1.96 bits per heavy atom. The van der Waals surface area contributed by atoms with Crippen LogP contribution in [0.15, 0.2) is 18.2 Å². The Balaban J connectivity index is 1.75. The SMILES string of the molecule is C[C@H](O)CN1CCN(C(=O)c2ccc3c(c2)nc(C(F)F)n3C)CC1. The maximum Gasteiger partial charge on any atom is 0.295 e. The van der Waals surface area contributed by atoms with Crippen molar-refractivity contribution < 1.29 is 18.7 Å². The highest BCUT2D eigenvalue weighted by atomic mass is 19.3. The predicted molar refractivity (Wildman–Crippen MR) is 89.7 cm³/mol. The van der Waals surface area contributed by atoms with E-state index in [1.54, 1.807) is 37.1 Å². The summed E-state index contributed by atoms with van der Waals surface area (Å²) in [4.78, 5) is 20.5. The van der Waals surface area contributed by atoms with Gasteiger partial charge in [0.25, 0.3) is 12.3 Å². The van der Waals surface area contributed by atoms with Crippen LogP contribution in [0.4, 0.5) is 8.78 Å². The first-order valence-corrected chi connectivity index (χ1v) is 8.31. The van der Waals surface area contributed by atoms with Gasteiger partial charge in [0.05, 0.1) is 17.1 Å². The third-order valence-electron chi connectivity index (χ3n) is 4.54. The van der Waals surface area contributed by atoms with E-state index < -0.39 is 12.5 Å². The molecule has 8 heteroatoms. The molecule has 0 spiro atoms. The van der Waals surface area contributed by atoms with E-state index in [2.05, 4.69) is 9.88 Å². The lowest BCUT2D eigenvalue weighted by atomic mass is 10.1. The lowest BCUT2D eigenvalue weighted by Gasteiger charge is -2.35. The number of piperazine rings is 1. The van der Waals surface area contributed by atoms with E-state index in [1.807, 2.05) is 0 Å². The molecule has 0 aliphatic carbocycles. The summed E-state index contributed by atoms with van der Waals surface area (Å²) in [6.07, 6.45) is -3.05. The molecule has 3 rings (SSSR count). The van der Waals surface area contributed by atoms with Gasteiger partial charge in [0.2, 0.25) is 0 Å². The second kappa shape index (κ2) is 7.05. The summed E-state index contributed by atoms with van der Waals surface area (Å²) in [6, 6.07) is 4.89. The first-order chi connectivity index (χ1) is 11.9. The largest absolute Gasteiger partial charge is 0.392 e. The number of alkyl halides is 2. The van der Waals surface area contributed by atoms with Gasteiger partial charge in [-0.1, -0.05) is 0 Å². The second-order valence-corrected chi connectivity index (χ2v) is 6.48. The van der Waals surface area contributed by atoms with Crippen molar-refractivity contribution in [2.45, 2.75) is 19.5 Å². The van der Waals surface area contributed by atoms with E-state index >= 15 is 0 Å². The van der Waals surface area contributed by atoms with E-state index in [1.165, 1.54) is 4.57 Å². The molecule has 1 amide bonds. The molecule has 0 unspecified atom stereocenters. The molecule has 1 aliphatic rings. The molecule has 2 aromatic rings. The number of aryl methyl sites for hydroxylation is 1. The minimum absolute atomic E-state index is 0.122. The highest BCUT2D eigenvalue weighted by Gasteiger charge is 2.24. The molecule has 1 fully saturated rings. The number of carbonyl (C=O) groups is 1. The van der Waals surface area contributed by atoms with Crippen LogP contribution in [0.3, 0.4) is 0 Å². The monoisotopic (exact) mass is 352 g/mol. The Kier molecular flexibility index (Phi) is 5.01. The zero-order valence-corrected chi connectivity index (χ0v) is 14.3. The molecular weight excluding hydrogens is 330 g/mol. The van der Waals surface area contributed by atoms with E-state index in [4.69, 9.17) is 0 Å². The molecule has 1 aliphatic heterocycles. The van der Waals surface area contributed by atoms with Crippen LogP contribution in [0.5, 0.6) is 0 Å². The Labute approximate surface area is 144 Å². The van der Waals surface area contributed by atoms with E-state index in [0.29, 0.717) is 49.3 Å². The summed E-state index contributed by atoms with van der Waals surface area (Å²) in [5, 5.41) is 9.44. The topological polar surface area (TPSA) is 61.6 Å². The average Bonchev–Trinajstić information content (AvgIpc) is 2.91. The van der Waals surface area contributed by atoms with Crippen LogP contribution in [0.1, 0.15) is 29.5 Å². The van der Waals surface area contributed by atoms with Crippen molar-refractivity contribution >= 4 is 16.9 Å². The van der Waals surface area contributed by atoms with Crippen molar-refractivity contribution in [1.82, 2.24) is 19.4 Å². The Morgan fingerprint density at radius 1 is 1.28 bits per heavy atom. The minimum Gasteiger partial charge on any atom is -0.392 e. The molecule has 1 saturated heterocycles. The number of aromatic nitrogens is 2. The maximum absolute atomic E-state index is 13.0. The number of carbonyl (C=O) groups excluding carboxylic acids is 1. The number of fused-ring (bicyclic) bond motifs is 1. The van der Waals surface area contributed by atoms with Gasteiger partial charge < -0.3 is 14.6 Å². The first kappa shape index (κ1) is 17.8. The third kappa shape index (κ3) is 3.64. The summed E-state index contributed by atoms with van der Waals surface area (Å²) >= 11 is 0. The van der Waals surface area contributed by atoms with Gasteiger partial charge in [-0.15, -0.1) is 0 Å². The van der Waals surface area contributed by atoms with Gasteiger partial charge in [-0.3, -0.25) is 9.69 Å². The van der Waals surface area contributed by atoms with Crippen LogP contribution in [0.2, 0.25) is 0 Å². The van der Waals surface area contributed by atoms with Crippen molar-refractivity contribution in [3.63, 3.8) is 0 Å². The molecule has 25 heavy (non-hydrogen) atoms. The van der Waals surface area contributed by atoms with Gasteiger partial charge in [-0.2, -0.15) is 0 Å². The fourth-order valence-corrected chi connectivity index (χ4v) is 3.24. The number of benzene rings is 1. The zero-order chi connectivity index (χ0) is 18.1. The molecule has 2 heterocycles. The number of halogens is 2. The quantitative estimate of drug-likeness (QED) is 0.909. The molecule has 0 saturated carbocycles. The highest BCUT2D eigenvalue weighted by molar-refractivity contribution is 5.97. The van der Waals surface area contributed by atoms with Crippen LogP contribution in [0, 0.1) is 0 Å². The summed E-state index contributed by atoms with van der Waals surface area (Å²) < 4.78 is 27.3. The third-order valence-corrected chi connectivity index (χ3v) is 4.54. The lowest BCUT2D eigenvalue weighted by Crippen LogP contribution is -2.50. The average molecular weight is 352 g/mol. The molecular formula is C17H22F2N4O2. The molecule has 1 aromatic heterocycles. The van der Waals surface area contributed by atoms with Gasteiger partial charge in [0, 0.05) is 45.3 Å². The number of β-amino-alcohol motifs (C(OH)–C–C–N with tert-alkyl or cyclic N) is 1. The Bertz CT molecular complexity index is 767.